The summed E-state index contributed by atoms with van der Waals surface area (Å²) in [6, 6.07) is 10.4. The Kier molecular flexibility index (Phi) is 4.13. The van der Waals surface area contributed by atoms with Crippen molar-refractivity contribution >= 4 is 5.69 Å². The Labute approximate surface area is 135 Å². The Morgan fingerprint density at radius 2 is 1.73 bits per heavy atom. The van der Waals surface area contributed by atoms with Gasteiger partial charge in [0.1, 0.15) is 0 Å². The maximum atomic E-state index is 2.72. The molecular formula is C20H30N2. The fraction of sp³-hybridized carbons (Fsp3) is 0.700. The van der Waals surface area contributed by atoms with Gasteiger partial charge in [0.25, 0.3) is 0 Å². The van der Waals surface area contributed by atoms with Crippen molar-refractivity contribution in [2.24, 2.45) is 5.92 Å². The van der Waals surface area contributed by atoms with Crippen molar-refractivity contribution in [3.05, 3.63) is 29.8 Å². The first-order valence-corrected chi connectivity index (χ1v) is 9.40. The van der Waals surface area contributed by atoms with Gasteiger partial charge in [0.2, 0.25) is 0 Å². The van der Waals surface area contributed by atoms with Crippen LogP contribution in [0.25, 0.3) is 0 Å². The number of hydrogen-bond donors (Lipinski definition) is 0. The van der Waals surface area contributed by atoms with Crippen molar-refractivity contribution in [2.45, 2.75) is 57.4 Å². The van der Waals surface area contributed by atoms with Gasteiger partial charge in [0, 0.05) is 31.4 Å². The molecule has 2 heterocycles. The van der Waals surface area contributed by atoms with E-state index in [1.807, 2.05) is 0 Å². The Morgan fingerprint density at radius 1 is 0.955 bits per heavy atom. The highest BCUT2D eigenvalue weighted by molar-refractivity contribution is 5.49. The average Bonchev–Trinajstić information content (AvgIpc) is 3.23. The molecule has 1 aromatic carbocycles. The standard InChI is InChI=1S/C20H30N2/c1-16-6-5-13-22(16)15-18-14-20(18)17-7-9-19(10-8-17)21-11-3-2-4-12-21/h7-10,16,18,20H,2-6,11-15H2,1H3/t16-,18-,20-/m1/s1. The van der Waals surface area contributed by atoms with Crippen LogP contribution >= 0.6 is 0 Å². The maximum Gasteiger partial charge on any atom is 0.0366 e. The van der Waals surface area contributed by atoms with Crippen molar-refractivity contribution in [3.63, 3.8) is 0 Å². The minimum absolute atomic E-state index is 0.822. The van der Waals surface area contributed by atoms with Crippen molar-refractivity contribution in [2.75, 3.05) is 31.1 Å². The third kappa shape index (κ3) is 3.03. The quantitative estimate of drug-likeness (QED) is 0.819. The molecule has 0 bridgehead atoms. The van der Waals surface area contributed by atoms with E-state index < -0.39 is 0 Å². The average molecular weight is 298 g/mol. The summed E-state index contributed by atoms with van der Waals surface area (Å²) in [6.07, 6.45) is 8.35. The number of benzene rings is 1. The number of likely N-dealkylation sites (tertiary alicyclic amines) is 1. The van der Waals surface area contributed by atoms with E-state index in [0.717, 1.165) is 17.9 Å². The van der Waals surface area contributed by atoms with Crippen LogP contribution in [0.1, 0.15) is 56.9 Å². The first kappa shape index (κ1) is 14.6. The van der Waals surface area contributed by atoms with Gasteiger partial charge in [-0.25, -0.2) is 0 Å². The summed E-state index contributed by atoms with van der Waals surface area (Å²) in [4.78, 5) is 5.27. The normalized spacial score (nSPS) is 32.4. The molecule has 2 heteroatoms. The van der Waals surface area contributed by atoms with E-state index in [2.05, 4.69) is 41.0 Å². The van der Waals surface area contributed by atoms with Crippen LogP contribution in [-0.4, -0.2) is 37.1 Å². The number of hydrogen-bond acceptors (Lipinski definition) is 2. The maximum absolute atomic E-state index is 2.72. The lowest BCUT2D eigenvalue weighted by molar-refractivity contribution is 0.256. The van der Waals surface area contributed by atoms with Crippen LogP contribution in [0, 0.1) is 5.92 Å². The molecule has 22 heavy (non-hydrogen) atoms. The molecule has 2 nitrogen and oxygen atoms in total. The fourth-order valence-electron chi connectivity index (χ4n) is 4.51. The Balaban J connectivity index is 1.34. The van der Waals surface area contributed by atoms with E-state index in [0.29, 0.717) is 0 Å². The minimum Gasteiger partial charge on any atom is -0.372 e. The zero-order valence-corrected chi connectivity index (χ0v) is 14.0. The monoisotopic (exact) mass is 298 g/mol. The van der Waals surface area contributed by atoms with E-state index >= 15 is 0 Å². The van der Waals surface area contributed by atoms with Gasteiger partial charge in [-0.05, 0) is 81.5 Å². The number of piperidine rings is 1. The van der Waals surface area contributed by atoms with Crippen molar-refractivity contribution in [1.82, 2.24) is 4.90 Å². The summed E-state index contributed by atoms with van der Waals surface area (Å²) in [5.74, 6) is 1.75. The molecule has 4 rings (SSSR count). The summed E-state index contributed by atoms with van der Waals surface area (Å²) in [5, 5.41) is 0. The second kappa shape index (κ2) is 6.23. The predicted octanol–water partition coefficient (Wildman–Crippen LogP) is 4.26. The first-order valence-electron chi connectivity index (χ1n) is 9.40. The molecule has 0 amide bonds. The highest BCUT2D eigenvalue weighted by Gasteiger charge is 2.40. The van der Waals surface area contributed by atoms with Gasteiger partial charge in [-0.3, -0.25) is 0 Å². The molecule has 3 aliphatic rings. The van der Waals surface area contributed by atoms with Gasteiger partial charge in [-0.2, -0.15) is 0 Å². The molecule has 2 aliphatic heterocycles. The molecule has 0 radical (unpaired) electrons. The molecule has 3 fully saturated rings. The zero-order valence-electron chi connectivity index (χ0n) is 14.0. The fourth-order valence-corrected chi connectivity index (χ4v) is 4.51. The summed E-state index contributed by atoms with van der Waals surface area (Å²) in [6.45, 7) is 7.56. The predicted molar refractivity (Wildman–Crippen MR) is 93.6 cm³/mol. The Bertz CT molecular complexity index is 489. The highest BCUT2D eigenvalue weighted by Crippen LogP contribution is 2.48. The van der Waals surface area contributed by atoms with Gasteiger partial charge in [0.05, 0.1) is 0 Å². The third-order valence-electron chi connectivity index (χ3n) is 6.12. The van der Waals surface area contributed by atoms with E-state index in [1.54, 1.807) is 5.56 Å². The van der Waals surface area contributed by atoms with Crippen LogP contribution in [0.5, 0.6) is 0 Å². The lowest BCUT2D eigenvalue weighted by atomic mass is 10.1. The Morgan fingerprint density at radius 3 is 2.41 bits per heavy atom. The molecule has 2 saturated heterocycles. The molecule has 0 N–H and O–H groups in total. The largest absolute Gasteiger partial charge is 0.372 e. The second-order valence-electron chi connectivity index (χ2n) is 7.73. The topological polar surface area (TPSA) is 6.48 Å². The van der Waals surface area contributed by atoms with Crippen molar-refractivity contribution < 1.29 is 0 Å². The van der Waals surface area contributed by atoms with Gasteiger partial charge >= 0.3 is 0 Å². The Hall–Kier alpha value is -1.02. The molecule has 120 valence electrons. The molecule has 0 aromatic heterocycles. The van der Waals surface area contributed by atoms with Gasteiger partial charge in [-0.1, -0.05) is 12.1 Å². The highest BCUT2D eigenvalue weighted by atomic mass is 15.2. The van der Waals surface area contributed by atoms with E-state index in [1.165, 1.54) is 70.4 Å². The minimum atomic E-state index is 0.822. The molecule has 3 atom stereocenters. The van der Waals surface area contributed by atoms with Gasteiger partial charge < -0.3 is 9.80 Å². The van der Waals surface area contributed by atoms with Crippen LogP contribution in [0.15, 0.2) is 24.3 Å². The van der Waals surface area contributed by atoms with E-state index in [9.17, 15) is 0 Å². The van der Waals surface area contributed by atoms with Gasteiger partial charge in [-0.15, -0.1) is 0 Å². The van der Waals surface area contributed by atoms with Crippen LogP contribution in [-0.2, 0) is 0 Å². The molecule has 0 spiro atoms. The molecule has 1 saturated carbocycles. The second-order valence-corrected chi connectivity index (χ2v) is 7.73. The molecule has 1 aliphatic carbocycles. The van der Waals surface area contributed by atoms with Crippen LogP contribution in [0.3, 0.4) is 0 Å². The number of anilines is 1. The van der Waals surface area contributed by atoms with Crippen molar-refractivity contribution in [1.29, 1.82) is 0 Å². The van der Waals surface area contributed by atoms with E-state index in [-0.39, 0.29) is 0 Å². The lowest BCUT2D eigenvalue weighted by Gasteiger charge is -2.28. The van der Waals surface area contributed by atoms with Crippen LogP contribution in [0.2, 0.25) is 0 Å². The zero-order chi connectivity index (χ0) is 14.9. The molecular weight excluding hydrogens is 268 g/mol. The summed E-state index contributed by atoms with van der Waals surface area (Å²) in [7, 11) is 0. The first-order chi connectivity index (χ1) is 10.8. The van der Waals surface area contributed by atoms with E-state index in [4.69, 9.17) is 0 Å². The van der Waals surface area contributed by atoms with Crippen LogP contribution < -0.4 is 4.90 Å². The van der Waals surface area contributed by atoms with Crippen LogP contribution in [0.4, 0.5) is 5.69 Å². The summed E-state index contributed by atoms with van der Waals surface area (Å²) < 4.78 is 0. The molecule has 0 unspecified atom stereocenters. The summed E-state index contributed by atoms with van der Waals surface area (Å²) in [5.41, 5.74) is 3.02. The lowest BCUT2D eigenvalue weighted by Crippen LogP contribution is -2.29. The van der Waals surface area contributed by atoms with Gasteiger partial charge in [0.15, 0.2) is 0 Å². The summed E-state index contributed by atoms with van der Waals surface area (Å²) >= 11 is 0. The smallest absolute Gasteiger partial charge is 0.0366 e. The third-order valence-corrected chi connectivity index (χ3v) is 6.12. The van der Waals surface area contributed by atoms with Crippen molar-refractivity contribution in [3.8, 4) is 0 Å². The number of nitrogens with zero attached hydrogens (tertiary/aromatic N) is 2. The SMILES string of the molecule is C[C@@H]1CCCN1C[C@H]1C[C@@H]1c1ccc(N2CCCCC2)cc1. The molecule has 1 aromatic rings. The number of rotatable bonds is 4.